The number of aromatic carboxylic acids is 1. The highest BCUT2D eigenvalue weighted by Gasteiger charge is 2.32. The van der Waals surface area contributed by atoms with Crippen molar-refractivity contribution < 1.29 is 23.8 Å². The van der Waals surface area contributed by atoms with Gasteiger partial charge in [0.1, 0.15) is 11.3 Å². The molecular weight excluding hydrogens is 393 g/mol. The molecular formula is C21H26FN3O5. The van der Waals surface area contributed by atoms with Crippen LogP contribution in [0.3, 0.4) is 0 Å². The number of carboxylic acids is 1. The average Bonchev–Trinajstić information content (AvgIpc) is 3.57. The Bertz CT molecular complexity index is 1030. The number of benzene rings is 1. The molecule has 2 fully saturated rings. The molecule has 1 aromatic heterocycles. The molecule has 2 heterocycles. The van der Waals surface area contributed by atoms with Crippen LogP contribution in [0, 0.1) is 5.82 Å². The van der Waals surface area contributed by atoms with Gasteiger partial charge in [0, 0.05) is 31.9 Å². The van der Waals surface area contributed by atoms with Crippen LogP contribution in [-0.2, 0) is 4.74 Å². The Morgan fingerprint density at radius 2 is 2.20 bits per heavy atom. The van der Waals surface area contributed by atoms with Gasteiger partial charge in [0.2, 0.25) is 5.43 Å². The number of ether oxygens (including phenoxy) is 2. The summed E-state index contributed by atoms with van der Waals surface area (Å²) in [6.45, 7) is 4.89. The fourth-order valence-corrected chi connectivity index (χ4v) is 4.08. The summed E-state index contributed by atoms with van der Waals surface area (Å²) in [5.41, 5.74) is -0.335. The first-order valence-corrected chi connectivity index (χ1v) is 10.2. The minimum atomic E-state index is -1.32. The maximum atomic E-state index is 15.3. The molecule has 1 saturated heterocycles. The van der Waals surface area contributed by atoms with Crippen molar-refractivity contribution in [1.29, 1.82) is 0 Å². The summed E-state index contributed by atoms with van der Waals surface area (Å²) in [6.07, 6.45) is 3.01. The second-order valence-electron chi connectivity index (χ2n) is 7.70. The summed E-state index contributed by atoms with van der Waals surface area (Å²) in [6, 6.07) is 1.22. The lowest BCUT2D eigenvalue weighted by Crippen LogP contribution is -2.47. The SMILES string of the molecule is CCNCC1CN(c2c(F)cc3c(=O)c(C(=O)O)cn(C4CC4)c3c2OC)CCO1. The van der Waals surface area contributed by atoms with Crippen molar-refractivity contribution >= 4 is 22.6 Å². The van der Waals surface area contributed by atoms with E-state index in [4.69, 9.17) is 9.47 Å². The number of carboxylic acid groups (broad SMARTS) is 1. The molecule has 1 aliphatic carbocycles. The van der Waals surface area contributed by atoms with Gasteiger partial charge in [-0.3, -0.25) is 4.79 Å². The lowest BCUT2D eigenvalue weighted by molar-refractivity contribution is 0.0409. The molecule has 9 heteroatoms. The van der Waals surface area contributed by atoms with Crippen LogP contribution in [0.15, 0.2) is 17.1 Å². The third-order valence-electron chi connectivity index (χ3n) is 5.65. The van der Waals surface area contributed by atoms with Gasteiger partial charge in [-0.1, -0.05) is 6.92 Å². The van der Waals surface area contributed by atoms with Crippen molar-refractivity contribution in [1.82, 2.24) is 9.88 Å². The number of likely N-dealkylation sites (N-methyl/N-ethyl adjacent to an activating group) is 1. The summed E-state index contributed by atoms with van der Waals surface area (Å²) < 4.78 is 28.5. The molecule has 8 nitrogen and oxygen atoms in total. The third-order valence-corrected chi connectivity index (χ3v) is 5.65. The van der Waals surface area contributed by atoms with E-state index >= 15 is 4.39 Å². The standard InChI is InChI=1S/C21H26FN3O5/c1-3-23-9-13-10-24(6-7-30-13)18-16(22)8-14-17(20(18)29-2)25(12-4-5-12)11-15(19(14)26)21(27)28/h8,11-13,23H,3-7,9-10H2,1-2H3,(H,27,28). The van der Waals surface area contributed by atoms with Crippen LogP contribution in [0.4, 0.5) is 10.1 Å². The zero-order chi connectivity index (χ0) is 21.4. The minimum absolute atomic E-state index is 0.0253. The molecule has 1 aromatic carbocycles. The van der Waals surface area contributed by atoms with Gasteiger partial charge in [0.25, 0.3) is 0 Å². The Morgan fingerprint density at radius 1 is 1.43 bits per heavy atom. The van der Waals surface area contributed by atoms with Gasteiger partial charge in [0.05, 0.1) is 30.7 Å². The number of carbonyl (C=O) groups is 1. The molecule has 1 saturated carbocycles. The van der Waals surface area contributed by atoms with Crippen LogP contribution in [0.25, 0.3) is 10.9 Å². The molecule has 2 aliphatic rings. The fraction of sp³-hybridized carbons (Fsp3) is 0.524. The Labute approximate surface area is 173 Å². The van der Waals surface area contributed by atoms with E-state index in [2.05, 4.69) is 5.32 Å². The first-order valence-electron chi connectivity index (χ1n) is 10.2. The maximum absolute atomic E-state index is 15.3. The van der Waals surface area contributed by atoms with Gasteiger partial charge in [-0.25, -0.2) is 9.18 Å². The first kappa shape index (κ1) is 20.6. The van der Waals surface area contributed by atoms with E-state index < -0.39 is 17.2 Å². The Kier molecular flexibility index (Phi) is 5.66. The number of rotatable bonds is 7. The van der Waals surface area contributed by atoms with E-state index in [-0.39, 0.29) is 34.5 Å². The van der Waals surface area contributed by atoms with Crippen LogP contribution < -0.4 is 20.4 Å². The predicted octanol–water partition coefficient (Wildman–Crippen LogP) is 2.00. The molecule has 0 amide bonds. The van der Waals surface area contributed by atoms with Crippen LogP contribution in [0.2, 0.25) is 0 Å². The van der Waals surface area contributed by atoms with Gasteiger partial charge in [-0.15, -0.1) is 0 Å². The predicted molar refractivity (Wildman–Crippen MR) is 110 cm³/mol. The number of anilines is 1. The van der Waals surface area contributed by atoms with Crippen LogP contribution in [-0.4, -0.2) is 61.6 Å². The van der Waals surface area contributed by atoms with E-state index in [9.17, 15) is 14.7 Å². The summed E-state index contributed by atoms with van der Waals surface area (Å²) in [4.78, 5) is 26.2. The molecule has 30 heavy (non-hydrogen) atoms. The molecule has 0 bridgehead atoms. The van der Waals surface area contributed by atoms with E-state index in [0.29, 0.717) is 31.8 Å². The summed E-state index contributed by atoms with van der Waals surface area (Å²) in [7, 11) is 1.45. The van der Waals surface area contributed by atoms with Gasteiger partial charge in [-0.05, 0) is 25.5 Å². The van der Waals surface area contributed by atoms with E-state index in [1.807, 2.05) is 11.8 Å². The van der Waals surface area contributed by atoms with Crippen molar-refractivity contribution in [2.45, 2.75) is 31.9 Å². The number of fused-ring (bicyclic) bond motifs is 1. The molecule has 4 rings (SSSR count). The van der Waals surface area contributed by atoms with E-state index in [1.54, 1.807) is 4.57 Å². The minimum Gasteiger partial charge on any atom is -0.492 e. The smallest absolute Gasteiger partial charge is 0.341 e. The van der Waals surface area contributed by atoms with Crippen molar-refractivity contribution in [3.63, 3.8) is 0 Å². The second-order valence-corrected chi connectivity index (χ2v) is 7.70. The number of aromatic nitrogens is 1. The normalized spacial score (nSPS) is 19.3. The molecule has 1 unspecified atom stereocenters. The van der Waals surface area contributed by atoms with Gasteiger partial charge >= 0.3 is 5.97 Å². The van der Waals surface area contributed by atoms with Crippen LogP contribution in [0.1, 0.15) is 36.2 Å². The zero-order valence-corrected chi connectivity index (χ0v) is 17.1. The highest BCUT2D eigenvalue weighted by atomic mass is 19.1. The summed E-state index contributed by atoms with van der Waals surface area (Å²) >= 11 is 0. The van der Waals surface area contributed by atoms with Crippen LogP contribution >= 0.6 is 0 Å². The first-order chi connectivity index (χ1) is 14.5. The van der Waals surface area contributed by atoms with Gasteiger partial charge < -0.3 is 29.4 Å². The number of morpholine rings is 1. The van der Waals surface area contributed by atoms with E-state index in [0.717, 1.165) is 25.5 Å². The second kappa shape index (κ2) is 8.23. The van der Waals surface area contributed by atoms with Crippen molar-refractivity contribution in [3.05, 3.63) is 33.9 Å². The number of hydrogen-bond acceptors (Lipinski definition) is 6. The van der Waals surface area contributed by atoms with Crippen molar-refractivity contribution in [2.75, 3.05) is 44.8 Å². The van der Waals surface area contributed by atoms with Crippen molar-refractivity contribution in [3.8, 4) is 5.75 Å². The Hall–Kier alpha value is -2.65. The van der Waals surface area contributed by atoms with Crippen molar-refractivity contribution in [2.24, 2.45) is 0 Å². The van der Waals surface area contributed by atoms with Gasteiger partial charge in [0.15, 0.2) is 11.6 Å². The summed E-state index contributed by atoms with van der Waals surface area (Å²) in [5.74, 6) is -1.67. The number of methoxy groups -OCH3 is 1. The molecule has 0 radical (unpaired) electrons. The molecule has 0 spiro atoms. The quantitative estimate of drug-likeness (QED) is 0.709. The maximum Gasteiger partial charge on any atom is 0.341 e. The number of nitrogens with zero attached hydrogens (tertiary/aromatic N) is 2. The topological polar surface area (TPSA) is 93.0 Å². The fourth-order valence-electron chi connectivity index (χ4n) is 4.08. The molecule has 2 N–H and O–H groups in total. The largest absolute Gasteiger partial charge is 0.492 e. The molecule has 1 atom stereocenters. The number of hydrogen-bond donors (Lipinski definition) is 2. The zero-order valence-electron chi connectivity index (χ0n) is 17.1. The number of pyridine rings is 1. The van der Waals surface area contributed by atoms with Gasteiger partial charge in [-0.2, -0.15) is 0 Å². The monoisotopic (exact) mass is 419 g/mol. The lowest BCUT2D eigenvalue weighted by atomic mass is 10.1. The average molecular weight is 419 g/mol. The van der Waals surface area contributed by atoms with Crippen LogP contribution in [0.5, 0.6) is 5.75 Å². The Balaban J connectivity index is 1.88. The summed E-state index contributed by atoms with van der Waals surface area (Å²) in [5, 5.41) is 12.7. The number of nitrogens with one attached hydrogen (secondary N) is 1. The third kappa shape index (κ3) is 3.63. The molecule has 1 aliphatic heterocycles. The molecule has 162 valence electrons. The molecule has 2 aromatic rings. The highest BCUT2D eigenvalue weighted by Crippen LogP contribution is 2.43. The van der Waals surface area contributed by atoms with E-state index in [1.165, 1.54) is 13.3 Å². The lowest BCUT2D eigenvalue weighted by Gasteiger charge is -2.35. The highest BCUT2D eigenvalue weighted by molar-refractivity contribution is 5.97. The Morgan fingerprint density at radius 3 is 2.83 bits per heavy atom. The number of halogens is 1.